The molecule has 0 fully saturated rings. The molecule has 0 aliphatic rings. The maximum atomic E-state index is 8.78. The Hall–Kier alpha value is -4.38. The Bertz CT molecular complexity index is 267. The zero-order chi connectivity index (χ0) is 21.5. The van der Waals surface area contributed by atoms with Gasteiger partial charge >= 0.3 is 36.6 Å². The number of amides is 6. The number of rotatable bonds is 0. The molecule has 0 aromatic carbocycles. The van der Waals surface area contributed by atoms with Crippen LogP contribution >= 0.6 is 0 Å². The number of nitrogens with two attached hydrogens (primary N) is 6. The minimum Gasteiger partial charge on any atom is -0.465 e. The van der Waals surface area contributed by atoms with E-state index in [2.05, 4.69) is 34.4 Å². The molecule has 0 saturated heterocycles. The Morgan fingerprint density at radius 3 is 0.333 bits per heavy atom. The average Bonchev–Trinajstić information content (AvgIpc) is 2.08. The number of carbonyl (C=O) groups is 6. The Balaban J connectivity index is -0.0000000405. The number of hydrogen-bond donors (Lipinski definition) is 12. The van der Waals surface area contributed by atoms with Crippen molar-refractivity contribution in [2.24, 2.45) is 34.4 Å². The maximum absolute atomic E-state index is 8.78. The second-order valence-electron chi connectivity index (χ2n) is 2.03. The molecule has 0 aromatic rings. The van der Waals surface area contributed by atoms with Gasteiger partial charge in [0.25, 0.3) is 0 Å². The molecular weight excluding hydrogens is 348 g/mol. The molecule has 0 heterocycles. The lowest BCUT2D eigenvalue weighted by Crippen LogP contribution is -2.03. The summed E-state index contributed by atoms with van der Waals surface area (Å²) in [6.07, 6.45) is -8.00. The highest BCUT2D eigenvalue weighted by atomic mass is 16.4. The van der Waals surface area contributed by atoms with E-state index < -0.39 is 36.6 Å². The fourth-order valence-electron chi connectivity index (χ4n) is 0. The Kier molecular flexibility index (Phi) is 47.6. The van der Waals surface area contributed by atoms with Gasteiger partial charge in [-0.1, -0.05) is 0 Å². The largest absolute Gasteiger partial charge is 0.465 e. The van der Waals surface area contributed by atoms with E-state index in [4.69, 9.17) is 59.4 Å². The van der Waals surface area contributed by atoms with E-state index in [1.807, 2.05) is 0 Å². The smallest absolute Gasteiger partial charge is 0.402 e. The first-order valence-corrected chi connectivity index (χ1v) is 4.30. The molecule has 0 aliphatic carbocycles. The van der Waals surface area contributed by atoms with Crippen LogP contribution in [0.3, 0.4) is 0 Å². The van der Waals surface area contributed by atoms with Crippen LogP contribution in [0, 0.1) is 0 Å². The van der Waals surface area contributed by atoms with Gasteiger partial charge in [0.1, 0.15) is 0 Å². The molecule has 24 heavy (non-hydrogen) atoms. The molecule has 18 nitrogen and oxygen atoms in total. The SMILES string of the molecule is NC(=O)O.NC(=O)O.NC(=O)O.NC(=O)O.NC(=O)O.NC(=O)O. The predicted octanol–water partition coefficient (Wildman–Crippen LogP) is -2.26. The average molecular weight is 366 g/mol. The lowest BCUT2D eigenvalue weighted by Gasteiger charge is -1.61. The van der Waals surface area contributed by atoms with E-state index in [0.29, 0.717) is 0 Å². The van der Waals surface area contributed by atoms with E-state index >= 15 is 0 Å². The fourth-order valence-corrected chi connectivity index (χ4v) is 0. The first kappa shape index (κ1) is 36.7. The summed E-state index contributed by atoms with van der Waals surface area (Å²) in [4.78, 5) is 52.7. The van der Waals surface area contributed by atoms with E-state index in [1.165, 1.54) is 0 Å². The molecule has 0 rings (SSSR count). The van der Waals surface area contributed by atoms with Gasteiger partial charge in [-0.2, -0.15) is 0 Å². The van der Waals surface area contributed by atoms with Crippen molar-refractivity contribution in [1.29, 1.82) is 0 Å². The highest BCUT2D eigenvalue weighted by Gasteiger charge is 1.66. The van der Waals surface area contributed by atoms with Crippen molar-refractivity contribution in [3.63, 3.8) is 0 Å². The van der Waals surface area contributed by atoms with Crippen LogP contribution in [0.4, 0.5) is 28.8 Å². The molecule has 0 atom stereocenters. The van der Waals surface area contributed by atoms with Crippen LogP contribution in [-0.2, 0) is 0 Å². The highest BCUT2D eigenvalue weighted by molar-refractivity contribution is 5.62. The summed E-state index contributed by atoms with van der Waals surface area (Å²) in [5.74, 6) is 0. The van der Waals surface area contributed by atoms with Crippen LogP contribution in [0.15, 0.2) is 0 Å². The second kappa shape index (κ2) is 31.2. The molecule has 6 amide bonds. The molecule has 0 aliphatic heterocycles. The molecule has 0 saturated carbocycles. The molecule has 18 N–H and O–H groups in total. The summed E-state index contributed by atoms with van der Waals surface area (Å²) in [7, 11) is 0. The van der Waals surface area contributed by atoms with Crippen LogP contribution < -0.4 is 34.4 Å². The summed E-state index contributed by atoms with van der Waals surface area (Å²) in [6, 6.07) is 0. The number of primary amides is 6. The predicted molar refractivity (Wildman–Crippen MR) is 73.3 cm³/mol. The van der Waals surface area contributed by atoms with Crippen molar-refractivity contribution in [2.75, 3.05) is 0 Å². The first-order valence-electron chi connectivity index (χ1n) is 4.30. The fraction of sp³-hybridized carbons (Fsp3) is 0. The third-order valence-corrected chi connectivity index (χ3v) is 0. The Morgan fingerprint density at radius 2 is 0.333 bits per heavy atom. The minimum absolute atomic E-state index is 1.33. The summed E-state index contributed by atoms with van der Waals surface area (Å²) >= 11 is 0. The minimum atomic E-state index is -1.33. The summed E-state index contributed by atoms with van der Waals surface area (Å²) in [5.41, 5.74) is 24.2. The van der Waals surface area contributed by atoms with Crippen molar-refractivity contribution in [1.82, 2.24) is 0 Å². The van der Waals surface area contributed by atoms with Crippen LogP contribution in [0.1, 0.15) is 0 Å². The molecule has 0 radical (unpaired) electrons. The quantitative estimate of drug-likeness (QED) is 0.216. The van der Waals surface area contributed by atoms with E-state index in [1.54, 1.807) is 0 Å². The highest BCUT2D eigenvalue weighted by Crippen LogP contribution is 1.36. The normalized spacial score (nSPS) is 6.00. The van der Waals surface area contributed by atoms with Gasteiger partial charge in [0.15, 0.2) is 0 Å². The van der Waals surface area contributed by atoms with Crippen LogP contribution in [0.5, 0.6) is 0 Å². The van der Waals surface area contributed by atoms with Crippen LogP contribution in [-0.4, -0.2) is 67.2 Å². The van der Waals surface area contributed by atoms with Crippen molar-refractivity contribution in [3.05, 3.63) is 0 Å². The van der Waals surface area contributed by atoms with Gasteiger partial charge in [0, 0.05) is 0 Å². The number of hydrogen-bond acceptors (Lipinski definition) is 6. The summed E-state index contributed by atoms with van der Waals surface area (Å²) in [6.45, 7) is 0. The first-order chi connectivity index (χ1) is 10.4. The van der Waals surface area contributed by atoms with Crippen molar-refractivity contribution in [3.8, 4) is 0 Å². The zero-order valence-corrected chi connectivity index (χ0v) is 11.6. The van der Waals surface area contributed by atoms with Gasteiger partial charge in [-0.15, -0.1) is 0 Å². The second-order valence-corrected chi connectivity index (χ2v) is 2.03. The molecular formula is C6H18N6O12. The number of carboxylic acid groups (broad SMARTS) is 6. The molecule has 0 spiro atoms. The van der Waals surface area contributed by atoms with Gasteiger partial charge in [0.05, 0.1) is 0 Å². The maximum Gasteiger partial charge on any atom is 0.402 e. The van der Waals surface area contributed by atoms with Gasteiger partial charge in [-0.05, 0) is 0 Å². The third kappa shape index (κ3) is 254. The van der Waals surface area contributed by atoms with E-state index in [9.17, 15) is 0 Å². The van der Waals surface area contributed by atoms with Crippen molar-refractivity contribution in [2.45, 2.75) is 0 Å². The molecule has 0 unspecified atom stereocenters. The van der Waals surface area contributed by atoms with Crippen molar-refractivity contribution >= 4 is 36.6 Å². The molecule has 0 bridgehead atoms. The monoisotopic (exact) mass is 366 g/mol. The van der Waals surface area contributed by atoms with Gasteiger partial charge in [-0.3, -0.25) is 0 Å². The third-order valence-electron chi connectivity index (χ3n) is 0. The lowest BCUT2D eigenvalue weighted by atomic mass is 11.3. The summed E-state index contributed by atoms with van der Waals surface area (Å²) in [5, 5.41) is 43.2. The van der Waals surface area contributed by atoms with Gasteiger partial charge in [-0.25, -0.2) is 28.8 Å². The van der Waals surface area contributed by atoms with Gasteiger partial charge < -0.3 is 65.0 Å². The Morgan fingerprint density at radius 1 is 0.333 bits per heavy atom. The van der Waals surface area contributed by atoms with Gasteiger partial charge in [0.2, 0.25) is 0 Å². The molecule has 18 heteroatoms. The lowest BCUT2D eigenvalue weighted by molar-refractivity contribution is 0.204. The van der Waals surface area contributed by atoms with E-state index in [-0.39, 0.29) is 0 Å². The summed E-state index contributed by atoms with van der Waals surface area (Å²) < 4.78 is 0. The Labute approximate surface area is 131 Å². The zero-order valence-electron chi connectivity index (χ0n) is 11.6. The van der Waals surface area contributed by atoms with E-state index in [0.717, 1.165) is 0 Å². The van der Waals surface area contributed by atoms with Crippen molar-refractivity contribution < 1.29 is 59.4 Å². The molecule has 0 aromatic heterocycles. The van der Waals surface area contributed by atoms with Crippen LogP contribution in [0.2, 0.25) is 0 Å². The molecule has 144 valence electrons. The topological polar surface area (TPSA) is 380 Å². The standard InChI is InChI=1S/6CH3NO2/c6*2-1(3)4/h6*2H2,(H,3,4). The van der Waals surface area contributed by atoms with Crippen LogP contribution in [0.25, 0.3) is 0 Å².